The molecule has 14 heavy (non-hydrogen) atoms. The Morgan fingerprint density at radius 1 is 1.07 bits per heavy atom. The van der Waals surface area contributed by atoms with E-state index in [1.807, 2.05) is 0 Å². The lowest BCUT2D eigenvalue weighted by molar-refractivity contribution is 0.355. The second-order valence-corrected chi connectivity index (χ2v) is 3.67. The number of isocyanates is 2. The van der Waals surface area contributed by atoms with E-state index in [1.54, 1.807) is 0 Å². The van der Waals surface area contributed by atoms with Gasteiger partial charge in [-0.25, -0.2) is 19.6 Å². The fraction of sp³-hybridized carbons (Fsp3) is 0.800. The van der Waals surface area contributed by atoms with E-state index in [0.29, 0.717) is 19.0 Å². The minimum absolute atomic E-state index is 0.223. The molecule has 0 saturated heterocycles. The average Bonchev–Trinajstić information content (AvgIpc) is 2.71. The Kier molecular flexibility index (Phi) is 4.84. The normalized spacial score (nSPS) is 18.3. The molecule has 0 radical (unpaired) electrons. The first-order chi connectivity index (χ1) is 6.88. The first kappa shape index (κ1) is 10.8. The van der Waals surface area contributed by atoms with Crippen LogP contribution in [0.3, 0.4) is 0 Å². The van der Waals surface area contributed by atoms with Gasteiger partial charge in [-0.15, -0.1) is 0 Å². The van der Waals surface area contributed by atoms with Crippen LogP contribution in [0.25, 0.3) is 0 Å². The molecule has 0 atom stereocenters. The minimum Gasteiger partial charge on any atom is -0.211 e. The molecular formula is C10H14N2O2. The number of hydrogen-bond acceptors (Lipinski definition) is 4. The highest BCUT2D eigenvalue weighted by Gasteiger charge is 2.24. The lowest BCUT2D eigenvalue weighted by Crippen LogP contribution is -2.18. The third kappa shape index (κ3) is 3.25. The second-order valence-electron chi connectivity index (χ2n) is 3.67. The molecule has 4 nitrogen and oxygen atoms in total. The van der Waals surface area contributed by atoms with Gasteiger partial charge in [0.2, 0.25) is 12.2 Å². The van der Waals surface area contributed by atoms with Crippen molar-refractivity contribution < 1.29 is 9.59 Å². The fourth-order valence-corrected chi connectivity index (χ4v) is 2.09. The highest BCUT2D eigenvalue weighted by Crippen LogP contribution is 2.31. The molecule has 1 aliphatic rings. The lowest BCUT2D eigenvalue weighted by atomic mass is 9.91. The second kappa shape index (κ2) is 6.25. The van der Waals surface area contributed by atoms with Gasteiger partial charge in [0.1, 0.15) is 0 Å². The van der Waals surface area contributed by atoms with Crippen LogP contribution < -0.4 is 0 Å². The van der Waals surface area contributed by atoms with Crippen LogP contribution in [0.1, 0.15) is 25.7 Å². The van der Waals surface area contributed by atoms with Crippen LogP contribution in [0.5, 0.6) is 0 Å². The Balaban J connectivity index is 2.49. The van der Waals surface area contributed by atoms with Crippen LogP contribution in [-0.2, 0) is 9.59 Å². The molecule has 4 heteroatoms. The highest BCUT2D eigenvalue weighted by molar-refractivity contribution is 5.33. The molecule has 0 bridgehead atoms. The molecule has 0 unspecified atom stereocenters. The zero-order valence-electron chi connectivity index (χ0n) is 8.11. The van der Waals surface area contributed by atoms with Gasteiger partial charge in [-0.05, 0) is 5.92 Å². The fourth-order valence-electron chi connectivity index (χ4n) is 2.09. The van der Waals surface area contributed by atoms with Crippen LogP contribution in [0.2, 0.25) is 0 Å². The minimum atomic E-state index is 0.223. The van der Waals surface area contributed by atoms with Crippen LogP contribution >= 0.6 is 0 Å². The molecule has 76 valence electrons. The summed E-state index contributed by atoms with van der Waals surface area (Å²) < 4.78 is 0. The molecular weight excluding hydrogens is 180 g/mol. The first-order valence-electron chi connectivity index (χ1n) is 4.95. The maximum absolute atomic E-state index is 10.00. The summed E-state index contributed by atoms with van der Waals surface area (Å²) in [6, 6.07) is 0. The SMILES string of the molecule is O=C=NCC(CN=C=O)C1CCCC1. The maximum Gasteiger partial charge on any atom is 0.234 e. The molecule has 0 heterocycles. The molecule has 0 N–H and O–H groups in total. The molecule has 1 rings (SSSR count). The van der Waals surface area contributed by atoms with Gasteiger partial charge in [-0.2, -0.15) is 0 Å². The van der Waals surface area contributed by atoms with Crippen LogP contribution in [0.15, 0.2) is 9.98 Å². The maximum atomic E-state index is 10.00. The third-order valence-electron chi connectivity index (χ3n) is 2.85. The summed E-state index contributed by atoms with van der Waals surface area (Å²) in [6.07, 6.45) is 7.85. The summed E-state index contributed by atoms with van der Waals surface area (Å²) >= 11 is 0. The largest absolute Gasteiger partial charge is 0.234 e. The topological polar surface area (TPSA) is 58.9 Å². The monoisotopic (exact) mass is 194 g/mol. The van der Waals surface area contributed by atoms with Gasteiger partial charge in [0.25, 0.3) is 0 Å². The van der Waals surface area contributed by atoms with Gasteiger partial charge in [0.05, 0.1) is 13.1 Å². The van der Waals surface area contributed by atoms with Crippen molar-refractivity contribution in [3.63, 3.8) is 0 Å². The summed E-state index contributed by atoms with van der Waals surface area (Å²) in [5.74, 6) is 0.782. The van der Waals surface area contributed by atoms with Crippen molar-refractivity contribution in [1.82, 2.24) is 0 Å². The predicted octanol–water partition coefficient (Wildman–Crippen LogP) is 1.46. The van der Waals surface area contributed by atoms with Gasteiger partial charge in [-0.3, -0.25) is 0 Å². The van der Waals surface area contributed by atoms with Crippen molar-refractivity contribution in [2.75, 3.05) is 13.1 Å². The molecule has 0 amide bonds. The highest BCUT2D eigenvalue weighted by atomic mass is 16.1. The molecule has 1 fully saturated rings. The zero-order chi connectivity index (χ0) is 10.2. The van der Waals surface area contributed by atoms with Gasteiger partial charge >= 0.3 is 0 Å². The molecule has 0 aromatic carbocycles. The lowest BCUT2D eigenvalue weighted by Gasteiger charge is -2.17. The number of nitrogens with zero attached hydrogens (tertiary/aromatic N) is 2. The van der Waals surface area contributed by atoms with Crippen LogP contribution in [0.4, 0.5) is 0 Å². The number of carbonyl (C=O) groups excluding carboxylic acids is 2. The molecule has 0 spiro atoms. The van der Waals surface area contributed by atoms with E-state index in [2.05, 4.69) is 9.98 Å². The Labute approximate surface area is 83.1 Å². The van der Waals surface area contributed by atoms with E-state index in [0.717, 1.165) is 12.8 Å². The summed E-state index contributed by atoms with van der Waals surface area (Å²) in [5.41, 5.74) is 0. The van der Waals surface area contributed by atoms with Gasteiger partial charge in [0, 0.05) is 5.92 Å². The van der Waals surface area contributed by atoms with Gasteiger partial charge < -0.3 is 0 Å². The summed E-state index contributed by atoms with van der Waals surface area (Å²) in [6.45, 7) is 0.888. The van der Waals surface area contributed by atoms with Crippen molar-refractivity contribution in [2.45, 2.75) is 25.7 Å². The molecule has 0 aromatic heterocycles. The van der Waals surface area contributed by atoms with Crippen molar-refractivity contribution in [3.8, 4) is 0 Å². The van der Waals surface area contributed by atoms with E-state index in [4.69, 9.17) is 0 Å². The number of rotatable bonds is 5. The van der Waals surface area contributed by atoms with Crippen molar-refractivity contribution in [2.24, 2.45) is 21.8 Å². The zero-order valence-corrected chi connectivity index (χ0v) is 8.11. The summed E-state index contributed by atoms with van der Waals surface area (Å²) in [5, 5.41) is 0. The summed E-state index contributed by atoms with van der Waals surface area (Å²) in [4.78, 5) is 27.1. The molecule has 0 aromatic rings. The third-order valence-corrected chi connectivity index (χ3v) is 2.85. The first-order valence-corrected chi connectivity index (χ1v) is 4.95. The number of aliphatic imine (C=N–C) groups is 2. The van der Waals surface area contributed by atoms with Crippen LogP contribution in [0, 0.1) is 11.8 Å². The Bertz CT molecular complexity index is 239. The predicted molar refractivity (Wildman–Crippen MR) is 51.4 cm³/mol. The van der Waals surface area contributed by atoms with E-state index in [-0.39, 0.29) is 5.92 Å². The number of hydrogen-bond donors (Lipinski definition) is 0. The van der Waals surface area contributed by atoms with Gasteiger partial charge in [-0.1, -0.05) is 25.7 Å². The molecule has 1 saturated carbocycles. The van der Waals surface area contributed by atoms with E-state index in [9.17, 15) is 9.59 Å². The van der Waals surface area contributed by atoms with E-state index >= 15 is 0 Å². The molecule has 0 aliphatic heterocycles. The smallest absolute Gasteiger partial charge is 0.211 e. The van der Waals surface area contributed by atoms with Gasteiger partial charge in [0.15, 0.2) is 0 Å². The van der Waals surface area contributed by atoms with E-state index < -0.39 is 0 Å². The average molecular weight is 194 g/mol. The molecule has 1 aliphatic carbocycles. The Hall–Kier alpha value is -1.24. The Morgan fingerprint density at radius 3 is 2.00 bits per heavy atom. The Morgan fingerprint density at radius 2 is 1.57 bits per heavy atom. The van der Waals surface area contributed by atoms with Crippen molar-refractivity contribution in [3.05, 3.63) is 0 Å². The van der Waals surface area contributed by atoms with E-state index in [1.165, 1.54) is 25.0 Å². The van der Waals surface area contributed by atoms with Crippen molar-refractivity contribution in [1.29, 1.82) is 0 Å². The standard InChI is InChI=1S/C10H14N2O2/c13-7-11-5-10(6-12-8-14)9-3-1-2-4-9/h9-10H,1-6H2. The summed E-state index contributed by atoms with van der Waals surface area (Å²) in [7, 11) is 0. The van der Waals surface area contributed by atoms with Crippen LogP contribution in [-0.4, -0.2) is 25.2 Å². The van der Waals surface area contributed by atoms with Crippen molar-refractivity contribution >= 4 is 12.2 Å². The quantitative estimate of drug-likeness (QED) is 0.491.